The number of nitrogens with one attached hydrogen (secondary N) is 3. The highest BCUT2D eigenvalue weighted by molar-refractivity contribution is 5.93. The average Bonchev–Trinajstić information content (AvgIpc) is 3.22. The second-order valence-electron chi connectivity index (χ2n) is 7.15. The quantitative estimate of drug-likeness (QED) is 0.513. The van der Waals surface area contributed by atoms with Crippen LogP contribution in [0.15, 0.2) is 36.4 Å². The molecule has 0 radical (unpaired) electrons. The van der Waals surface area contributed by atoms with Gasteiger partial charge in [0.05, 0.1) is 5.52 Å². The topological polar surface area (TPSA) is 94.2 Å². The number of benzene rings is 2. The number of halogens is 3. The first-order valence-electron chi connectivity index (χ1n) is 9.34. The van der Waals surface area contributed by atoms with Crippen LogP contribution in [0, 0.1) is 17.5 Å². The van der Waals surface area contributed by atoms with E-state index in [2.05, 4.69) is 15.6 Å². The van der Waals surface area contributed by atoms with Crippen LogP contribution in [0.25, 0.3) is 22.2 Å². The average molecular weight is 417 g/mol. The van der Waals surface area contributed by atoms with Crippen molar-refractivity contribution in [2.75, 3.05) is 6.54 Å². The number of H-pyrrole nitrogens is 1. The van der Waals surface area contributed by atoms with Gasteiger partial charge >= 0.3 is 0 Å². The van der Waals surface area contributed by atoms with E-state index in [1.807, 2.05) is 0 Å². The lowest BCUT2D eigenvalue weighted by molar-refractivity contribution is -0.128. The van der Waals surface area contributed by atoms with Crippen LogP contribution in [0.5, 0.6) is 0 Å². The number of carbonyl (C=O) groups excluding carboxylic acids is 2. The molecule has 2 heterocycles. The molecule has 2 unspecified atom stereocenters. The first-order chi connectivity index (χ1) is 14.3. The second kappa shape index (κ2) is 7.83. The summed E-state index contributed by atoms with van der Waals surface area (Å²) in [5, 5.41) is 15.0. The standard InChI is InChI=1S/C21H18F3N3O3/c22-11-3-1-10(2-4-11)18-13(14-7-12(23)8-15(24)19(14)27-18)5-6-17(29)26-20-16(28)9-25-21(20)30/h1-4,7-8,16,20,27-28H,5-6,9H2,(H,25,30)(H,26,29). The first kappa shape index (κ1) is 20.0. The molecule has 0 aliphatic carbocycles. The minimum atomic E-state index is -1.04. The van der Waals surface area contributed by atoms with Crippen LogP contribution < -0.4 is 10.6 Å². The molecule has 0 saturated carbocycles. The van der Waals surface area contributed by atoms with E-state index in [4.69, 9.17) is 0 Å². The van der Waals surface area contributed by atoms with Crippen molar-refractivity contribution in [2.45, 2.75) is 25.0 Å². The van der Waals surface area contributed by atoms with Crippen LogP contribution in [0.4, 0.5) is 13.2 Å². The SMILES string of the molecule is O=C(CCc1c(-c2ccc(F)cc2)[nH]c2c(F)cc(F)cc12)NC1C(=O)NCC1O. The first-order valence-corrected chi connectivity index (χ1v) is 9.34. The minimum Gasteiger partial charge on any atom is -0.389 e. The molecule has 1 saturated heterocycles. The largest absolute Gasteiger partial charge is 0.389 e. The fourth-order valence-corrected chi connectivity index (χ4v) is 3.65. The lowest BCUT2D eigenvalue weighted by Crippen LogP contribution is -2.45. The summed E-state index contributed by atoms with van der Waals surface area (Å²) in [5.74, 6) is -2.95. The highest BCUT2D eigenvalue weighted by Gasteiger charge is 2.34. The van der Waals surface area contributed by atoms with Crippen molar-refractivity contribution in [3.8, 4) is 11.3 Å². The lowest BCUT2D eigenvalue weighted by atomic mass is 10.0. The van der Waals surface area contributed by atoms with E-state index in [0.717, 1.165) is 6.07 Å². The minimum absolute atomic E-state index is 0.0551. The van der Waals surface area contributed by atoms with Gasteiger partial charge in [0.15, 0.2) is 0 Å². The molecule has 1 aliphatic rings. The highest BCUT2D eigenvalue weighted by Crippen LogP contribution is 2.33. The van der Waals surface area contributed by atoms with Crippen LogP contribution in [0.3, 0.4) is 0 Å². The molecule has 1 fully saturated rings. The maximum absolute atomic E-state index is 14.3. The van der Waals surface area contributed by atoms with Crippen molar-refractivity contribution in [1.29, 1.82) is 0 Å². The van der Waals surface area contributed by atoms with Gasteiger partial charge in [-0.25, -0.2) is 13.2 Å². The van der Waals surface area contributed by atoms with E-state index < -0.39 is 41.4 Å². The Morgan fingerprint density at radius 3 is 2.53 bits per heavy atom. The summed E-state index contributed by atoms with van der Waals surface area (Å²) in [6.07, 6.45) is -1.01. The van der Waals surface area contributed by atoms with E-state index >= 15 is 0 Å². The molecule has 3 aromatic rings. The zero-order valence-electron chi connectivity index (χ0n) is 15.6. The number of rotatable bonds is 5. The second-order valence-corrected chi connectivity index (χ2v) is 7.15. The number of aliphatic hydroxyl groups excluding tert-OH is 1. The number of fused-ring (bicyclic) bond motifs is 1. The molecule has 4 rings (SSSR count). The third-order valence-corrected chi connectivity index (χ3v) is 5.14. The van der Waals surface area contributed by atoms with Crippen LogP contribution in [0.1, 0.15) is 12.0 Å². The lowest BCUT2D eigenvalue weighted by Gasteiger charge is -2.13. The molecule has 30 heavy (non-hydrogen) atoms. The van der Waals surface area contributed by atoms with Crippen LogP contribution >= 0.6 is 0 Å². The summed E-state index contributed by atoms with van der Waals surface area (Å²) >= 11 is 0. The van der Waals surface area contributed by atoms with E-state index in [1.54, 1.807) is 0 Å². The number of aliphatic hydroxyl groups is 1. The maximum atomic E-state index is 14.3. The van der Waals surface area contributed by atoms with Crippen LogP contribution in [-0.2, 0) is 16.0 Å². The normalized spacial score (nSPS) is 18.6. The van der Waals surface area contributed by atoms with Gasteiger partial charge in [-0.15, -0.1) is 0 Å². The number of amides is 2. The summed E-state index contributed by atoms with van der Waals surface area (Å²) in [5.41, 5.74) is 1.56. The van der Waals surface area contributed by atoms with Crippen molar-refractivity contribution in [3.63, 3.8) is 0 Å². The molecule has 4 N–H and O–H groups in total. The summed E-state index contributed by atoms with van der Waals surface area (Å²) in [7, 11) is 0. The fourth-order valence-electron chi connectivity index (χ4n) is 3.65. The predicted octanol–water partition coefficient (Wildman–Crippen LogP) is 2.16. The van der Waals surface area contributed by atoms with Gasteiger partial charge in [-0.1, -0.05) is 0 Å². The molecule has 9 heteroatoms. The Balaban J connectivity index is 1.64. The van der Waals surface area contributed by atoms with Gasteiger partial charge in [0, 0.05) is 30.1 Å². The predicted molar refractivity (Wildman–Crippen MR) is 103 cm³/mol. The fraction of sp³-hybridized carbons (Fsp3) is 0.238. The van der Waals surface area contributed by atoms with Gasteiger partial charge in [0.1, 0.15) is 29.6 Å². The zero-order chi connectivity index (χ0) is 21.4. The van der Waals surface area contributed by atoms with Gasteiger partial charge < -0.3 is 20.7 Å². The van der Waals surface area contributed by atoms with Gasteiger partial charge in [0.2, 0.25) is 11.8 Å². The third-order valence-electron chi connectivity index (χ3n) is 5.14. The van der Waals surface area contributed by atoms with Gasteiger partial charge in [-0.05, 0) is 47.9 Å². The van der Waals surface area contributed by atoms with E-state index in [0.29, 0.717) is 16.8 Å². The molecule has 156 valence electrons. The Morgan fingerprint density at radius 1 is 1.13 bits per heavy atom. The van der Waals surface area contributed by atoms with Crippen molar-refractivity contribution in [3.05, 3.63) is 59.4 Å². The molecular weight excluding hydrogens is 399 g/mol. The van der Waals surface area contributed by atoms with Crippen molar-refractivity contribution in [1.82, 2.24) is 15.6 Å². The molecule has 1 aromatic heterocycles. The van der Waals surface area contributed by atoms with E-state index in [9.17, 15) is 27.9 Å². The number of hydrogen-bond acceptors (Lipinski definition) is 3. The Hall–Kier alpha value is -3.33. The molecule has 1 aliphatic heterocycles. The number of carbonyl (C=O) groups is 2. The number of hydrogen-bond donors (Lipinski definition) is 4. The number of aromatic amines is 1. The molecule has 2 aromatic carbocycles. The molecule has 6 nitrogen and oxygen atoms in total. The van der Waals surface area contributed by atoms with Gasteiger partial charge in [-0.2, -0.15) is 0 Å². The van der Waals surface area contributed by atoms with E-state index in [-0.39, 0.29) is 30.3 Å². The number of aromatic nitrogens is 1. The van der Waals surface area contributed by atoms with Crippen molar-refractivity contribution >= 4 is 22.7 Å². The van der Waals surface area contributed by atoms with Crippen molar-refractivity contribution < 1.29 is 27.9 Å². The number of aryl methyl sites for hydroxylation is 1. The molecule has 0 bridgehead atoms. The van der Waals surface area contributed by atoms with E-state index in [1.165, 1.54) is 30.3 Å². The molecule has 2 atom stereocenters. The zero-order valence-corrected chi connectivity index (χ0v) is 15.6. The van der Waals surface area contributed by atoms with Gasteiger partial charge in [-0.3, -0.25) is 9.59 Å². The number of β-amino-alcohol motifs (C(OH)–C–C–N with tert-alkyl or cyclic N) is 1. The Labute approximate surface area is 169 Å². The Bertz CT molecular complexity index is 1130. The maximum Gasteiger partial charge on any atom is 0.245 e. The van der Waals surface area contributed by atoms with Gasteiger partial charge in [0.25, 0.3) is 0 Å². The Morgan fingerprint density at radius 2 is 1.87 bits per heavy atom. The monoisotopic (exact) mass is 417 g/mol. The molecule has 0 spiro atoms. The van der Waals surface area contributed by atoms with Crippen LogP contribution in [-0.4, -0.2) is 40.6 Å². The van der Waals surface area contributed by atoms with Crippen LogP contribution in [0.2, 0.25) is 0 Å². The summed E-state index contributed by atoms with van der Waals surface area (Å²) in [6.45, 7) is 0.0551. The Kier molecular flexibility index (Phi) is 5.21. The summed E-state index contributed by atoms with van der Waals surface area (Å²) < 4.78 is 41.4. The third kappa shape index (κ3) is 3.76. The summed E-state index contributed by atoms with van der Waals surface area (Å²) in [4.78, 5) is 26.9. The van der Waals surface area contributed by atoms with Crippen molar-refractivity contribution in [2.24, 2.45) is 0 Å². The molecular formula is C21H18F3N3O3. The summed E-state index contributed by atoms with van der Waals surface area (Å²) in [6, 6.07) is 6.37. The smallest absolute Gasteiger partial charge is 0.245 e. The highest BCUT2D eigenvalue weighted by atomic mass is 19.1. The molecule has 2 amide bonds.